The summed E-state index contributed by atoms with van der Waals surface area (Å²) in [6.45, 7) is 4.55. The van der Waals surface area contributed by atoms with Crippen LogP contribution in [0.1, 0.15) is 36.5 Å². The Balaban J connectivity index is 2.13. The lowest BCUT2D eigenvalue weighted by Crippen LogP contribution is -2.00. The van der Waals surface area contributed by atoms with Crippen molar-refractivity contribution in [2.24, 2.45) is 0 Å². The van der Waals surface area contributed by atoms with Crippen molar-refractivity contribution in [3.05, 3.63) is 63.1 Å². The number of aliphatic hydroxyl groups excluding tert-OH is 1. The van der Waals surface area contributed by atoms with E-state index in [0.29, 0.717) is 33.9 Å². The summed E-state index contributed by atoms with van der Waals surface area (Å²) in [5, 5.41) is 10.3. The van der Waals surface area contributed by atoms with E-state index >= 15 is 0 Å². The Morgan fingerprint density at radius 3 is 2.33 bits per heavy atom. The van der Waals surface area contributed by atoms with E-state index in [9.17, 15) is 5.11 Å². The van der Waals surface area contributed by atoms with E-state index in [2.05, 4.69) is 26.0 Å². The molecule has 0 unspecified atom stereocenters. The van der Waals surface area contributed by atoms with E-state index in [1.165, 1.54) is 5.56 Å². The van der Waals surface area contributed by atoms with E-state index < -0.39 is 0 Å². The zero-order chi connectivity index (χ0) is 15.4. The largest absolute Gasteiger partial charge is 0.487 e. The number of hydrogen-bond acceptors (Lipinski definition) is 2. The average molecular weight is 325 g/mol. The van der Waals surface area contributed by atoms with Gasteiger partial charge in [0.1, 0.15) is 12.4 Å². The van der Waals surface area contributed by atoms with Crippen LogP contribution in [0.4, 0.5) is 0 Å². The van der Waals surface area contributed by atoms with Crippen LogP contribution in [0.3, 0.4) is 0 Å². The maximum absolute atomic E-state index is 9.36. The van der Waals surface area contributed by atoms with Crippen molar-refractivity contribution in [3.63, 3.8) is 0 Å². The van der Waals surface area contributed by atoms with Crippen LogP contribution in [0.15, 0.2) is 36.4 Å². The lowest BCUT2D eigenvalue weighted by Gasteiger charge is -2.13. The lowest BCUT2D eigenvalue weighted by atomic mass is 10.0. The summed E-state index contributed by atoms with van der Waals surface area (Å²) >= 11 is 12.0. The van der Waals surface area contributed by atoms with Crippen LogP contribution in [-0.2, 0) is 13.2 Å². The smallest absolute Gasteiger partial charge is 0.144 e. The number of aliphatic hydroxyl groups is 1. The summed E-state index contributed by atoms with van der Waals surface area (Å²) in [5.41, 5.74) is 2.93. The average Bonchev–Trinajstić information content (AvgIpc) is 2.46. The Labute approximate surface area is 135 Å². The molecule has 0 aromatic heterocycles. The Kier molecular flexibility index (Phi) is 5.51. The van der Waals surface area contributed by atoms with Gasteiger partial charge in [0.25, 0.3) is 0 Å². The molecule has 0 spiro atoms. The minimum absolute atomic E-state index is 0.165. The molecule has 4 heteroatoms. The zero-order valence-electron chi connectivity index (χ0n) is 12.1. The molecule has 112 valence electrons. The normalized spacial score (nSPS) is 11.0. The molecule has 0 aliphatic carbocycles. The highest BCUT2D eigenvalue weighted by molar-refractivity contribution is 6.35. The molecule has 0 bridgehead atoms. The fraction of sp³-hybridized carbons (Fsp3) is 0.294. The fourth-order valence-corrected chi connectivity index (χ4v) is 2.64. The third kappa shape index (κ3) is 4.13. The molecule has 0 radical (unpaired) electrons. The number of hydrogen-bond donors (Lipinski definition) is 1. The number of benzene rings is 2. The summed E-state index contributed by atoms with van der Waals surface area (Å²) < 4.78 is 5.75. The molecule has 0 atom stereocenters. The highest BCUT2D eigenvalue weighted by atomic mass is 35.5. The van der Waals surface area contributed by atoms with Crippen LogP contribution in [0, 0.1) is 0 Å². The Bertz CT molecular complexity index is 607. The molecule has 0 amide bonds. The standard InChI is InChI=1S/C17H18Cl2O2/c1-11(2)13-5-3-12(4-6-13)10-21-17-14(9-20)7-15(18)8-16(17)19/h3-8,11,20H,9-10H2,1-2H3. The van der Waals surface area contributed by atoms with E-state index in [-0.39, 0.29) is 6.61 Å². The summed E-state index contributed by atoms with van der Waals surface area (Å²) in [6.07, 6.45) is 0. The van der Waals surface area contributed by atoms with Gasteiger partial charge in [-0.1, -0.05) is 61.3 Å². The number of rotatable bonds is 5. The van der Waals surface area contributed by atoms with Crippen molar-refractivity contribution >= 4 is 23.2 Å². The van der Waals surface area contributed by atoms with Crippen molar-refractivity contribution in [3.8, 4) is 5.75 Å². The van der Waals surface area contributed by atoms with Gasteiger partial charge in [0.15, 0.2) is 0 Å². The predicted molar refractivity (Wildman–Crippen MR) is 87.2 cm³/mol. The van der Waals surface area contributed by atoms with Gasteiger partial charge in [0.2, 0.25) is 0 Å². The van der Waals surface area contributed by atoms with Crippen LogP contribution in [-0.4, -0.2) is 5.11 Å². The van der Waals surface area contributed by atoms with Gasteiger partial charge in [-0.25, -0.2) is 0 Å². The van der Waals surface area contributed by atoms with Crippen LogP contribution in [0.2, 0.25) is 10.0 Å². The quantitative estimate of drug-likeness (QED) is 0.820. The first-order chi connectivity index (χ1) is 10.0. The summed E-state index contributed by atoms with van der Waals surface area (Å²) in [6, 6.07) is 11.5. The van der Waals surface area contributed by atoms with Crippen molar-refractivity contribution in [2.45, 2.75) is 33.0 Å². The zero-order valence-corrected chi connectivity index (χ0v) is 13.6. The van der Waals surface area contributed by atoms with Gasteiger partial charge in [0.05, 0.1) is 11.6 Å². The molecule has 0 saturated heterocycles. The van der Waals surface area contributed by atoms with Crippen LogP contribution in [0.5, 0.6) is 5.75 Å². The van der Waals surface area contributed by atoms with Gasteiger partial charge >= 0.3 is 0 Å². The minimum Gasteiger partial charge on any atom is -0.487 e. The molecular formula is C17H18Cl2O2. The van der Waals surface area contributed by atoms with Crippen LogP contribution in [0.25, 0.3) is 0 Å². The molecule has 0 saturated carbocycles. The van der Waals surface area contributed by atoms with Crippen molar-refractivity contribution in [2.75, 3.05) is 0 Å². The molecular weight excluding hydrogens is 307 g/mol. The van der Waals surface area contributed by atoms with Crippen molar-refractivity contribution in [1.82, 2.24) is 0 Å². The minimum atomic E-state index is -0.165. The highest BCUT2D eigenvalue weighted by Gasteiger charge is 2.10. The lowest BCUT2D eigenvalue weighted by molar-refractivity contribution is 0.259. The van der Waals surface area contributed by atoms with Gasteiger partial charge in [-0.05, 0) is 29.2 Å². The third-order valence-electron chi connectivity index (χ3n) is 3.29. The Hall–Kier alpha value is -1.22. The molecule has 0 heterocycles. The molecule has 2 nitrogen and oxygen atoms in total. The first-order valence-electron chi connectivity index (χ1n) is 6.81. The topological polar surface area (TPSA) is 29.5 Å². The van der Waals surface area contributed by atoms with Gasteiger partial charge < -0.3 is 9.84 Å². The molecule has 2 aromatic carbocycles. The Morgan fingerprint density at radius 2 is 1.76 bits per heavy atom. The van der Waals surface area contributed by atoms with E-state index in [4.69, 9.17) is 27.9 Å². The molecule has 2 aromatic rings. The Morgan fingerprint density at radius 1 is 1.10 bits per heavy atom. The van der Waals surface area contributed by atoms with Gasteiger partial charge in [-0.15, -0.1) is 0 Å². The second kappa shape index (κ2) is 7.17. The highest BCUT2D eigenvalue weighted by Crippen LogP contribution is 2.33. The second-order valence-corrected chi connectivity index (χ2v) is 6.06. The maximum Gasteiger partial charge on any atom is 0.144 e. The van der Waals surface area contributed by atoms with Crippen LogP contribution >= 0.6 is 23.2 Å². The van der Waals surface area contributed by atoms with Gasteiger partial charge in [-0.3, -0.25) is 0 Å². The summed E-state index contributed by atoms with van der Waals surface area (Å²) in [5.74, 6) is 0.989. The fourth-order valence-electron chi connectivity index (χ4n) is 2.05. The van der Waals surface area contributed by atoms with Gasteiger partial charge in [0, 0.05) is 10.6 Å². The third-order valence-corrected chi connectivity index (χ3v) is 3.78. The molecule has 0 aliphatic heterocycles. The van der Waals surface area contributed by atoms with Crippen molar-refractivity contribution in [1.29, 1.82) is 0 Å². The summed E-state index contributed by atoms with van der Waals surface area (Å²) in [7, 11) is 0. The number of halogens is 2. The second-order valence-electron chi connectivity index (χ2n) is 5.22. The first-order valence-corrected chi connectivity index (χ1v) is 7.57. The monoisotopic (exact) mass is 324 g/mol. The molecule has 1 N–H and O–H groups in total. The van der Waals surface area contributed by atoms with Crippen molar-refractivity contribution < 1.29 is 9.84 Å². The van der Waals surface area contributed by atoms with Gasteiger partial charge in [-0.2, -0.15) is 0 Å². The molecule has 0 aliphatic rings. The van der Waals surface area contributed by atoms with E-state index in [0.717, 1.165) is 5.56 Å². The molecule has 2 rings (SSSR count). The summed E-state index contributed by atoms with van der Waals surface area (Å²) in [4.78, 5) is 0. The molecule has 0 fully saturated rings. The SMILES string of the molecule is CC(C)c1ccc(COc2c(Cl)cc(Cl)cc2CO)cc1. The van der Waals surface area contributed by atoms with E-state index in [1.807, 2.05) is 12.1 Å². The van der Waals surface area contributed by atoms with E-state index in [1.54, 1.807) is 12.1 Å². The predicted octanol–water partition coefficient (Wildman–Crippen LogP) is 5.19. The molecule has 21 heavy (non-hydrogen) atoms. The first kappa shape index (κ1) is 16.2. The van der Waals surface area contributed by atoms with Crippen LogP contribution < -0.4 is 4.74 Å². The maximum atomic E-state index is 9.36. The number of ether oxygens (including phenoxy) is 1.